The van der Waals surface area contributed by atoms with Crippen LogP contribution in [0.25, 0.3) is 0 Å². The molecule has 0 saturated carbocycles. The summed E-state index contributed by atoms with van der Waals surface area (Å²) in [7, 11) is 0. The van der Waals surface area contributed by atoms with Gasteiger partial charge in [0.25, 0.3) is 0 Å². The molecule has 0 aliphatic heterocycles. The normalized spacial score (nSPS) is 10.2. The Bertz CT molecular complexity index is 614. The summed E-state index contributed by atoms with van der Waals surface area (Å²) < 4.78 is 0.873. The van der Waals surface area contributed by atoms with Crippen molar-refractivity contribution in [3.05, 3.63) is 57.5 Å². The van der Waals surface area contributed by atoms with E-state index in [1.165, 1.54) is 0 Å². The Morgan fingerprint density at radius 3 is 2.55 bits per heavy atom. The number of benzene rings is 2. The van der Waals surface area contributed by atoms with Gasteiger partial charge >= 0.3 is 0 Å². The number of amides is 1. The second-order valence-corrected chi connectivity index (χ2v) is 5.68. The van der Waals surface area contributed by atoms with E-state index in [1.807, 2.05) is 37.3 Å². The first-order valence-electron chi connectivity index (χ1n) is 6.10. The third-order valence-corrected chi connectivity index (χ3v) is 3.60. The average molecular weight is 354 g/mol. The molecule has 0 bridgehead atoms. The van der Waals surface area contributed by atoms with E-state index in [9.17, 15) is 4.79 Å². The highest BCUT2D eigenvalue weighted by Crippen LogP contribution is 2.23. The predicted molar refractivity (Wildman–Crippen MR) is 87.5 cm³/mol. The van der Waals surface area contributed by atoms with Crippen LogP contribution in [0, 0.1) is 6.92 Å². The van der Waals surface area contributed by atoms with E-state index in [0.717, 1.165) is 21.4 Å². The van der Waals surface area contributed by atoms with Crippen molar-refractivity contribution in [3.8, 4) is 0 Å². The van der Waals surface area contributed by atoms with Crippen LogP contribution in [0.4, 0.5) is 11.4 Å². The summed E-state index contributed by atoms with van der Waals surface area (Å²) in [5.74, 6) is -0.107. The Morgan fingerprint density at radius 1 is 1.20 bits per heavy atom. The summed E-state index contributed by atoms with van der Waals surface area (Å²) in [6, 6.07) is 13.0. The molecule has 104 valence electrons. The van der Waals surface area contributed by atoms with E-state index in [0.29, 0.717) is 5.02 Å². The van der Waals surface area contributed by atoms with Gasteiger partial charge in [-0.25, -0.2) is 0 Å². The monoisotopic (exact) mass is 352 g/mol. The molecule has 1 amide bonds. The number of hydrogen-bond acceptors (Lipinski definition) is 2. The highest BCUT2D eigenvalue weighted by Gasteiger charge is 2.05. The third kappa shape index (κ3) is 4.25. The van der Waals surface area contributed by atoms with Crippen LogP contribution in [0.5, 0.6) is 0 Å². The molecule has 0 unspecified atom stereocenters. The van der Waals surface area contributed by atoms with Crippen LogP contribution in [-0.4, -0.2) is 12.5 Å². The van der Waals surface area contributed by atoms with Crippen molar-refractivity contribution in [2.45, 2.75) is 6.92 Å². The van der Waals surface area contributed by atoms with Gasteiger partial charge in [0.15, 0.2) is 0 Å². The Balaban J connectivity index is 1.90. The van der Waals surface area contributed by atoms with E-state index >= 15 is 0 Å². The zero-order chi connectivity index (χ0) is 14.5. The lowest BCUT2D eigenvalue weighted by molar-refractivity contribution is -0.114. The molecule has 2 rings (SSSR count). The van der Waals surface area contributed by atoms with Gasteiger partial charge in [-0.2, -0.15) is 0 Å². The molecule has 20 heavy (non-hydrogen) atoms. The van der Waals surface area contributed by atoms with Crippen LogP contribution < -0.4 is 10.6 Å². The van der Waals surface area contributed by atoms with E-state index in [1.54, 1.807) is 12.1 Å². The molecule has 0 saturated heterocycles. The third-order valence-electron chi connectivity index (χ3n) is 2.70. The van der Waals surface area contributed by atoms with Gasteiger partial charge in [0.05, 0.1) is 12.2 Å². The van der Waals surface area contributed by atoms with E-state index in [-0.39, 0.29) is 12.5 Å². The maximum Gasteiger partial charge on any atom is 0.243 e. The van der Waals surface area contributed by atoms with Gasteiger partial charge in [-0.05, 0) is 64.8 Å². The molecule has 2 aromatic rings. The summed E-state index contributed by atoms with van der Waals surface area (Å²) in [4.78, 5) is 11.9. The number of carbonyl (C=O) groups excluding carboxylic acids is 1. The van der Waals surface area contributed by atoms with Crippen LogP contribution in [0.3, 0.4) is 0 Å². The summed E-state index contributed by atoms with van der Waals surface area (Å²) >= 11 is 9.23. The minimum Gasteiger partial charge on any atom is -0.376 e. The summed E-state index contributed by atoms with van der Waals surface area (Å²) in [6.45, 7) is 2.19. The maximum absolute atomic E-state index is 11.9. The fraction of sp³-hybridized carbons (Fsp3) is 0.133. The number of halogens is 2. The topological polar surface area (TPSA) is 41.1 Å². The van der Waals surface area contributed by atoms with Crippen LogP contribution in [-0.2, 0) is 4.79 Å². The fourth-order valence-electron chi connectivity index (χ4n) is 1.67. The van der Waals surface area contributed by atoms with Crippen molar-refractivity contribution in [1.29, 1.82) is 0 Å². The van der Waals surface area contributed by atoms with Gasteiger partial charge in [0.2, 0.25) is 5.91 Å². The van der Waals surface area contributed by atoms with Crippen LogP contribution in [0.2, 0.25) is 5.02 Å². The van der Waals surface area contributed by atoms with Gasteiger partial charge < -0.3 is 10.6 Å². The van der Waals surface area contributed by atoms with Crippen molar-refractivity contribution < 1.29 is 4.79 Å². The van der Waals surface area contributed by atoms with Gasteiger partial charge in [0.1, 0.15) is 0 Å². The number of hydrogen-bond donors (Lipinski definition) is 2. The smallest absolute Gasteiger partial charge is 0.243 e. The molecule has 0 spiro atoms. The van der Waals surface area contributed by atoms with Crippen molar-refractivity contribution >= 4 is 44.8 Å². The molecule has 0 aliphatic carbocycles. The zero-order valence-electron chi connectivity index (χ0n) is 10.9. The zero-order valence-corrected chi connectivity index (χ0v) is 13.3. The molecule has 0 radical (unpaired) electrons. The Morgan fingerprint density at radius 2 is 1.90 bits per heavy atom. The maximum atomic E-state index is 11.9. The minimum atomic E-state index is -0.107. The van der Waals surface area contributed by atoms with Gasteiger partial charge in [-0.1, -0.05) is 17.7 Å². The van der Waals surface area contributed by atoms with Crippen molar-refractivity contribution in [2.75, 3.05) is 17.2 Å². The molecule has 0 aliphatic rings. The van der Waals surface area contributed by atoms with Gasteiger partial charge in [-0.3, -0.25) is 4.79 Å². The molecule has 0 heterocycles. The molecular formula is C15H14BrClN2O. The number of anilines is 2. The summed E-state index contributed by atoms with van der Waals surface area (Å²) in [6.07, 6.45) is 0. The first-order valence-corrected chi connectivity index (χ1v) is 7.27. The van der Waals surface area contributed by atoms with Gasteiger partial charge in [-0.15, -0.1) is 0 Å². The summed E-state index contributed by atoms with van der Waals surface area (Å²) in [5.41, 5.74) is 2.75. The first kappa shape index (κ1) is 14.9. The molecule has 0 atom stereocenters. The SMILES string of the molecule is Cc1ccc(NC(=O)CNc2ccc(Cl)cc2)c(Br)c1. The van der Waals surface area contributed by atoms with Crippen LogP contribution in [0.15, 0.2) is 46.9 Å². The summed E-state index contributed by atoms with van der Waals surface area (Å²) in [5, 5.41) is 6.55. The van der Waals surface area contributed by atoms with Crippen molar-refractivity contribution in [2.24, 2.45) is 0 Å². The highest BCUT2D eigenvalue weighted by molar-refractivity contribution is 9.10. The molecule has 2 aromatic carbocycles. The first-order chi connectivity index (χ1) is 9.54. The molecular weight excluding hydrogens is 340 g/mol. The Kier molecular flexibility index (Phi) is 5.04. The molecule has 2 N–H and O–H groups in total. The lowest BCUT2D eigenvalue weighted by Crippen LogP contribution is -2.21. The highest BCUT2D eigenvalue weighted by atomic mass is 79.9. The van der Waals surface area contributed by atoms with Crippen molar-refractivity contribution in [1.82, 2.24) is 0 Å². The second-order valence-electron chi connectivity index (χ2n) is 4.39. The lowest BCUT2D eigenvalue weighted by Gasteiger charge is -2.09. The van der Waals surface area contributed by atoms with Crippen LogP contribution >= 0.6 is 27.5 Å². The van der Waals surface area contributed by atoms with E-state index in [2.05, 4.69) is 26.6 Å². The quantitative estimate of drug-likeness (QED) is 0.852. The lowest BCUT2D eigenvalue weighted by atomic mass is 10.2. The predicted octanol–water partition coefficient (Wildman–Crippen LogP) is 4.46. The number of carbonyl (C=O) groups is 1. The number of rotatable bonds is 4. The Labute approximate surface area is 131 Å². The molecule has 0 fully saturated rings. The van der Waals surface area contributed by atoms with E-state index < -0.39 is 0 Å². The molecule has 3 nitrogen and oxygen atoms in total. The molecule has 5 heteroatoms. The van der Waals surface area contributed by atoms with Crippen LogP contribution in [0.1, 0.15) is 5.56 Å². The standard InChI is InChI=1S/C15H14BrClN2O/c1-10-2-7-14(13(16)8-10)19-15(20)9-18-12-5-3-11(17)4-6-12/h2-8,18H,9H2,1H3,(H,19,20). The minimum absolute atomic E-state index is 0.107. The van der Waals surface area contributed by atoms with Crippen molar-refractivity contribution in [3.63, 3.8) is 0 Å². The number of nitrogens with one attached hydrogen (secondary N) is 2. The fourth-order valence-corrected chi connectivity index (χ4v) is 2.38. The largest absolute Gasteiger partial charge is 0.376 e. The second kappa shape index (κ2) is 6.77. The Hall–Kier alpha value is -1.52. The average Bonchev–Trinajstić information content (AvgIpc) is 2.41. The van der Waals surface area contributed by atoms with E-state index in [4.69, 9.17) is 11.6 Å². The number of aryl methyl sites for hydroxylation is 1. The molecule has 0 aromatic heterocycles. The van der Waals surface area contributed by atoms with Gasteiger partial charge in [0, 0.05) is 15.2 Å².